The third-order valence-corrected chi connectivity index (χ3v) is 4.65. The smallest absolute Gasteiger partial charge is 0.0576 e. The van der Waals surface area contributed by atoms with Crippen LogP contribution in [0.3, 0.4) is 0 Å². The van der Waals surface area contributed by atoms with Gasteiger partial charge in [0.25, 0.3) is 0 Å². The Morgan fingerprint density at radius 2 is 2.37 bits per heavy atom. The number of rotatable bonds is 6. The largest absolute Gasteiger partial charge is 0.378 e. The van der Waals surface area contributed by atoms with Gasteiger partial charge in [0.2, 0.25) is 0 Å². The predicted molar refractivity (Wildman–Crippen MR) is 83.8 cm³/mol. The predicted octanol–water partition coefficient (Wildman–Crippen LogP) is 4.71. The molecule has 4 heteroatoms. The molecule has 2 unspecified atom stereocenters. The molecular weight excluding hydrogens is 326 g/mol. The van der Waals surface area contributed by atoms with Crippen LogP contribution in [0.1, 0.15) is 43.7 Å². The quantitative estimate of drug-likeness (QED) is 0.805. The first kappa shape index (κ1) is 15.3. The average Bonchev–Trinajstić information content (AvgIpc) is 2.89. The number of ether oxygens (including phenoxy) is 1. The lowest BCUT2D eigenvalue weighted by atomic mass is 9.99. The summed E-state index contributed by atoms with van der Waals surface area (Å²) in [5, 5.41) is 4.16. The van der Waals surface area contributed by atoms with Crippen LogP contribution in [0.2, 0.25) is 5.02 Å². The molecule has 19 heavy (non-hydrogen) atoms. The molecule has 1 aromatic carbocycles. The summed E-state index contributed by atoms with van der Waals surface area (Å²) in [6.45, 7) is 0.947. The first-order valence-corrected chi connectivity index (χ1v) is 8.11. The van der Waals surface area contributed by atoms with Crippen molar-refractivity contribution in [1.29, 1.82) is 0 Å². The van der Waals surface area contributed by atoms with E-state index in [0.717, 1.165) is 22.5 Å². The number of halogens is 2. The number of nitrogens with one attached hydrogen (secondary N) is 1. The monoisotopic (exact) mass is 345 g/mol. The van der Waals surface area contributed by atoms with E-state index in [9.17, 15) is 0 Å². The second-order valence-electron chi connectivity index (χ2n) is 5.07. The molecule has 1 aliphatic heterocycles. The number of benzene rings is 1. The Bertz CT molecular complexity index is 407. The fourth-order valence-electron chi connectivity index (χ4n) is 2.66. The molecule has 0 amide bonds. The van der Waals surface area contributed by atoms with Gasteiger partial charge in [0.1, 0.15) is 0 Å². The topological polar surface area (TPSA) is 21.3 Å². The minimum Gasteiger partial charge on any atom is -0.378 e. The molecule has 0 spiro atoms. The van der Waals surface area contributed by atoms with Crippen molar-refractivity contribution in [2.45, 2.75) is 44.2 Å². The van der Waals surface area contributed by atoms with Gasteiger partial charge in [0.15, 0.2) is 0 Å². The van der Waals surface area contributed by atoms with Gasteiger partial charge in [-0.15, -0.1) is 0 Å². The lowest BCUT2D eigenvalue weighted by molar-refractivity contribution is 0.101. The molecule has 0 aromatic heterocycles. The van der Waals surface area contributed by atoms with Crippen molar-refractivity contribution >= 4 is 27.5 Å². The fraction of sp³-hybridized carbons (Fsp3) is 0.600. The third-order valence-electron chi connectivity index (χ3n) is 3.73. The van der Waals surface area contributed by atoms with Gasteiger partial charge in [-0.05, 0) is 56.8 Å². The van der Waals surface area contributed by atoms with Gasteiger partial charge in [-0.25, -0.2) is 0 Å². The molecule has 1 aromatic rings. The van der Waals surface area contributed by atoms with Crippen LogP contribution in [-0.4, -0.2) is 19.8 Å². The molecule has 1 aliphatic rings. The molecule has 0 saturated carbocycles. The maximum absolute atomic E-state index is 5.99. The SMILES string of the molecule is CNC(CCCC1CCCO1)c1ccc(Cl)cc1Br. The molecule has 106 valence electrons. The van der Waals surface area contributed by atoms with Crippen molar-refractivity contribution in [3.8, 4) is 0 Å². The second-order valence-corrected chi connectivity index (χ2v) is 6.36. The standard InChI is InChI=1S/C15H21BrClNO/c1-18-15(6-2-4-12-5-3-9-19-12)13-8-7-11(17)10-14(13)16/h7-8,10,12,15,18H,2-6,9H2,1H3. The van der Waals surface area contributed by atoms with E-state index in [1.165, 1.54) is 31.2 Å². The van der Waals surface area contributed by atoms with E-state index >= 15 is 0 Å². The van der Waals surface area contributed by atoms with Crippen LogP contribution in [0.15, 0.2) is 22.7 Å². The third kappa shape index (κ3) is 4.45. The highest BCUT2D eigenvalue weighted by Gasteiger charge is 2.17. The van der Waals surface area contributed by atoms with Gasteiger partial charge < -0.3 is 10.1 Å². The van der Waals surface area contributed by atoms with Gasteiger partial charge in [0.05, 0.1) is 6.10 Å². The van der Waals surface area contributed by atoms with Crippen LogP contribution in [0.5, 0.6) is 0 Å². The maximum atomic E-state index is 5.99. The molecule has 2 atom stereocenters. The Kier molecular flexibility index (Phi) is 6.14. The van der Waals surface area contributed by atoms with E-state index in [1.54, 1.807) is 0 Å². The van der Waals surface area contributed by atoms with E-state index in [-0.39, 0.29) is 0 Å². The molecule has 0 bridgehead atoms. The van der Waals surface area contributed by atoms with E-state index in [2.05, 4.69) is 27.3 Å². The van der Waals surface area contributed by atoms with Gasteiger partial charge in [-0.1, -0.05) is 33.6 Å². The van der Waals surface area contributed by atoms with E-state index in [4.69, 9.17) is 16.3 Å². The van der Waals surface area contributed by atoms with Gasteiger partial charge in [-0.3, -0.25) is 0 Å². The van der Waals surface area contributed by atoms with Gasteiger partial charge >= 0.3 is 0 Å². The highest BCUT2D eigenvalue weighted by Crippen LogP contribution is 2.30. The average molecular weight is 347 g/mol. The highest BCUT2D eigenvalue weighted by molar-refractivity contribution is 9.10. The maximum Gasteiger partial charge on any atom is 0.0576 e. The Balaban J connectivity index is 1.88. The van der Waals surface area contributed by atoms with Crippen molar-refractivity contribution in [3.63, 3.8) is 0 Å². The Morgan fingerprint density at radius 1 is 1.53 bits per heavy atom. The first-order chi connectivity index (χ1) is 9.20. The molecule has 0 radical (unpaired) electrons. The lowest BCUT2D eigenvalue weighted by Gasteiger charge is -2.19. The Labute approximate surface area is 129 Å². The van der Waals surface area contributed by atoms with E-state index in [1.807, 2.05) is 19.2 Å². The molecule has 1 heterocycles. The van der Waals surface area contributed by atoms with Crippen LogP contribution in [0, 0.1) is 0 Å². The molecule has 2 rings (SSSR count). The minimum absolute atomic E-state index is 0.369. The van der Waals surface area contributed by atoms with Crippen molar-refractivity contribution < 1.29 is 4.74 Å². The molecule has 1 saturated heterocycles. The molecule has 1 N–H and O–H groups in total. The number of hydrogen-bond acceptors (Lipinski definition) is 2. The molecule has 0 aliphatic carbocycles. The van der Waals surface area contributed by atoms with Crippen LogP contribution in [0.4, 0.5) is 0 Å². The zero-order chi connectivity index (χ0) is 13.7. The number of hydrogen-bond donors (Lipinski definition) is 1. The van der Waals surface area contributed by atoms with Crippen molar-refractivity contribution in [2.24, 2.45) is 0 Å². The van der Waals surface area contributed by atoms with E-state index < -0.39 is 0 Å². The zero-order valence-corrected chi connectivity index (χ0v) is 13.6. The fourth-order valence-corrected chi connectivity index (χ4v) is 3.62. The van der Waals surface area contributed by atoms with Crippen LogP contribution < -0.4 is 5.32 Å². The summed E-state index contributed by atoms with van der Waals surface area (Å²) in [6, 6.07) is 6.38. The van der Waals surface area contributed by atoms with Crippen molar-refractivity contribution in [1.82, 2.24) is 5.32 Å². The van der Waals surface area contributed by atoms with Crippen LogP contribution in [0.25, 0.3) is 0 Å². The van der Waals surface area contributed by atoms with E-state index in [0.29, 0.717) is 12.1 Å². The summed E-state index contributed by atoms with van der Waals surface area (Å²) in [6.07, 6.45) is 6.43. The normalized spacial score (nSPS) is 20.7. The lowest BCUT2D eigenvalue weighted by Crippen LogP contribution is -2.17. The summed E-state index contributed by atoms with van der Waals surface area (Å²) in [5.74, 6) is 0. The second kappa shape index (κ2) is 7.63. The molecule has 1 fully saturated rings. The van der Waals surface area contributed by atoms with Crippen molar-refractivity contribution in [3.05, 3.63) is 33.3 Å². The molecule has 2 nitrogen and oxygen atoms in total. The van der Waals surface area contributed by atoms with Gasteiger partial charge in [-0.2, -0.15) is 0 Å². The first-order valence-electron chi connectivity index (χ1n) is 6.94. The Morgan fingerprint density at radius 3 is 3.00 bits per heavy atom. The zero-order valence-electron chi connectivity index (χ0n) is 11.3. The summed E-state index contributed by atoms with van der Waals surface area (Å²) in [5.41, 5.74) is 1.28. The Hall–Kier alpha value is -0.0900. The summed E-state index contributed by atoms with van der Waals surface area (Å²) in [4.78, 5) is 0. The summed E-state index contributed by atoms with van der Waals surface area (Å²) >= 11 is 9.59. The summed E-state index contributed by atoms with van der Waals surface area (Å²) in [7, 11) is 2.01. The summed E-state index contributed by atoms with van der Waals surface area (Å²) < 4.78 is 6.75. The molecular formula is C15H21BrClNO. The van der Waals surface area contributed by atoms with Crippen molar-refractivity contribution in [2.75, 3.05) is 13.7 Å². The van der Waals surface area contributed by atoms with Crippen LogP contribution >= 0.6 is 27.5 Å². The highest BCUT2D eigenvalue weighted by atomic mass is 79.9. The van der Waals surface area contributed by atoms with Crippen LogP contribution in [-0.2, 0) is 4.74 Å². The minimum atomic E-state index is 0.369. The van der Waals surface area contributed by atoms with Gasteiger partial charge in [0, 0.05) is 22.1 Å².